The Morgan fingerprint density at radius 1 is 1.42 bits per heavy atom. The summed E-state index contributed by atoms with van der Waals surface area (Å²) in [5, 5.41) is 3.51. The lowest BCUT2D eigenvalue weighted by molar-refractivity contribution is 0.0983. The molecule has 1 N–H and O–H groups in total. The van der Waals surface area contributed by atoms with Gasteiger partial charge in [-0.2, -0.15) is 0 Å². The topological polar surface area (TPSA) is 41.6 Å². The molecule has 1 heterocycles. The van der Waals surface area contributed by atoms with Crippen molar-refractivity contribution in [1.29, 1.82) is 0 Å². The molecular weight excluding hydrogens is 308 g/mol. The molecule has 0 saturated carbocycles. The van der Waals surface area contributed by atoms with E-state index in [9.17, 15) is 4.79 Å². The molecule has 0 spiro atoms. The molecule has 0 aromatic heterocycles. The zero-order valence-corrected chi connectivity index (χ0v) is 12.6. The van der Waals surface area contributed by atoms with Crippen LogP contribution >= 0.6 is 15.9 Å². The Hall–Kier alpha value is -1.23. The van der Waals surface area contributed by atoms with Crippen LogP contribution in [0.5, 0.6) is 0 Å². The highest BCUT2D eigenvalue weighted by Crippen LogP contribution is 2.24. The molecule has 1 aromatic carbocycles. The van der Waals surface area contributed by atoms with E-state index < -0.39 is 0 Å². The number of hydrogen-bond acceptors (Lipinski definition) is 3. The summed E-state index contributed by atoms with van der Waals surface area (Å²) in [5.74, 6) is 0. The average molecular weight is 327 g/mol. The zero-order chi connectivity index (χ0) is 13.7. The molecule has 1 aliphatic heterocycles. The predicted octanol–water partition coefficient (Wildman–Crippen LogP) is 3.48. The second-order valence-corrected chi connectivity index (χ2v) is 5.44. The third kappa shape index (κ3) is 3.86. The van der Waals surface area contributed by atoms with Gasteiger partial charge in [0.25, 0.3) is 0 Å². The lowest BCUT2D eigenvalue weighted by Crippen LogP contribution is -2.42. The summed E-state index contributed by atoms with van der Waals surface area (Å²) < 4.78 is 6.09. The van der Waals surface area contributed by atoms with Crippen molar-refractivity contribution in [2.75, 3.05) is 25.0 Å². The molecule has 0 aliphatic carbocycles. The molecule has 0 unspecified atom stereocenters. The van der Waals surface area contributed by atoms with Gasteiger partial charge >= 0.3 is 6.09 Å². The molecule has 1 aromatic rings. The van der Waals surface area contributed by atoms with E-state index >= 15 is 0 Å². The first-order valence-electron chi connectivity index (χ1n) is 6.63. The Morgan fingerprint density at radius 2 is 2.11 bits per heavy atom. The van der Waals surface area contributed by atoms with Gasteiger partial charge < -0.3 is 15.0 Å². The number of anilines is 1. The monoisotopic (exact) mass is 326 g/mol. The van der Waals surface area contributed by atoms with Crippen molar-refractivity contribution in [2.24, 2.45) is 0 Å². The fraction of sp³-hybridized carbons (Fsp3) is 0.500. The Bertz CT molecular complexity index is 431. The third-order valence-corrected chi connectivity index (χ3v) is 3.95. The van der Waals surface area contributed by atoms with E-state index in [1.54, 1.807) is 4.90 Å². The van der Waals surface area contributed by atoms with Crippen LogP contribution in [0.25, 0.3) is 0 Å². The quantitative estimate of drug-likeness (QED) is 0.924. The second kappa shape index (κ2) is 6.80. The Balaban J connectivity index is 1.84. The van der Waals surface area contributed by atoms with E-state index in [4.69, 9.17) is 4.74 Å². The smallest absolute Gasteiger partial charge is 0.409 e. The summed E-state index contributed by atoms with van der Waals surface area (Å²) in [5.41, 5.74) is 1.11. The molecule has 104 valence electrons. The number of amides is 1. The molecule has 19 heavy (non-hydrogen) atoms. The van der Waals surface area contributed by atoms with Crippen LogP contribution in [0.15, 0.2) is 28.7 Å². The Morgan fingerprint density at radius 3 is 2.74 bits per heavy atom. The van der Waals surface area contributed by atoms with Crippen LogP contribution in [0.1, 0.15) is 19.8 Å². The SMILES string of the molecule is CCOC(=O)N1CCC(Nc2ccccc2Br)CC1. The fourth-order valence-corrected chi connectivity index (χ4v) is 2.62. The molecule has 2 rings (SSSR count). The van der Waals surface area contributed by atoms with E-state index in [1.807, 2.05) is 25.1 Å². The van der Waals surface area contributed by atoms with Gasteiger partial charge in [-0.3, -0.25) is 0 Å². The summed E-state index contributed by atoms with van der Waals surface area (Å²) in [6, 6.07) is 8.50. The maximum atomic E-state index is 11.6. The Labute approximate surface area is 122 Å². The van der Waals surface area contributed by atoms with Crippen molar-refractivity contribution in [2.45, 2.75) is 25.8 Å². The van der Waals surface area contributed by atoms with Gasteiger partial charge in [-0.25, -0.2) is 4.79 Å². The van der Waals surface area contributed by atoms with Crippen molar-refractivity contribution < 1.29 is 9.53 Å². The van der Waals surface area contributed by atoms with Crippen LogP contribution in [-0.4, -0.2) is 36.7 Å². The molecular formula is C14H19BrN2O2. The molecule has 0 atom stereocenters. The van der Waals surface area contributed by atoms with E-state index in [1.165, 1.54) is 0 Å². The normalized spacial score (nSPS) is 16.2. The molecule has 0 radical (unpaired) electrons. The maximum Gasteiger partial charge on any atom is 0.409 e. The summed E-state index contributed by atoms with van der Waals surface area (Å²) in [6.07, 6.45) is 1.70. The molecule has 0 bridgehead atoms. The van der Waals surface area contributed by atoms with Crippen molar-refractivity contribution in [3.8, 4) is 0 Å². The first-order valence-corrected chi connectivity index (χ1v) is 7.42. The number of likely N-dealkylation sites (tertiary alicyclic amines) is 1. The summed E-state index contributed by atoms with van der Waals surface area (Å²) in [4.78, 5) is 13.4. The van der Waals surface area contributed by atoms with Crippen molar-refractivity contribution in [1.82, 2.24) is 4.90 Å². The van der Waals surface area contributed by atoms with Crippen molar-refractivity contribution in [3.63, 3.8) is 0 Å². The number of rotatable bonds is 3. The van der Waals surface area contributed by atoms with Crippen LogP contribution in [0.3, 0.4) is 0 Å². The molecule has 5 heteroatoms. The van der Waals surface area contributed by atoms with Crippen molar-refractivity contribution in [3.05, 3.63) is 28.7 Å². The molecule has 1 aliphatic rings. The summed E-state index contributed by atoms with van der Waals surface area (Å²) >= 11 is 3.53. The number of benzene rings is 1. The van der Waals surface area contributed by atoms with Crippen LogP contribution < -0.4 is 5.32 Å². The van der Waals surface area contributed by atoms with Gasteiger partial charge in [0.2, 0.25) is 0 Å². The van der Waals surface area contributed by atoms with Gasteiger partial charge in [-0.1, -0.05) is 12.1 Å². The molecule has 1 fully saturated rings. The minimum absolute atomic E-state index is 0.193. The Kier molecular flexibility index (Phi) is 5.07. The van der Waals surface area contributed by atoms with Gasteiger partial charge in [0.05, 0.1) is 6.61 Å². The van der Waals surface area contributed by atoms with Crippen LogP contribution in [-0.2, 0) is 4.74 Å². The third-order valence-electron chi connectivity index (χ3n) is 3.25. The number of carbonyl (C=O) groups is 1. The van der Waals surface area contributed by atoms with Gasteiger partial charge in [0, 0.05) is 29.3 Å². The highest BCUT2D eigenvalue weighted by atomic mass is 79.9. The first-order chi connectivity index (χ1) is 9.20. The standard InChI is InChI=1S/C14H19BrN2O2/c1-2-19-14(18)17-9-7-11(8-10-17)16-13-6-4-3-5-12(13)15/h3-6,11,16H,2,7-10H2,1H3. The van der Waals surface area contributed by atoms with E-state index in [2.05, 4.69) is 27.3 Å². The number of piperidine rings is 1. The fourth-order valence-electron chi connectivity index (χ4n) is 2.22. The minimum atomic E-state index is -0.193. The van der Waals surface area contributed by atoms with E-state index in [-0.39, 0.29) is 6.09 Å². The number of nitrogens with one attached hydrogen (secondary N) is 1. The first kappa shape index (κ1) is 14.2. The number of carbonyl (C=O) groups excluding carboxylic acids is 1. The highest BCUT2D eigenvalue weighted by molar-refractivity contribution is 9.10. The molecule has 4 nitrogen and oxygen atoms in total. The minimum Gasteiger partial charge on any atom is -0.450 e. The highest BCUT2D eigenvalue weighted by Gasteiger charge is 2.23. The van der Waals surface area contributed by atoms with Crippen LogP contribution in [0.2, 0.25) is 0 Å². The number of hydrogen-bond donors (Lipinski definition) is 1. The average Bonchev–Trinajstić information content (AvgIpc) is 2.42. The molecule has 1 saturated heterocycles. The predicted molar refractivity (Wildman–Crippen MR) is 79.4 cm³/mol. The van der Waals surface area contributed by atoms with E-state index in [0.717, 1.165) is 36.1 Å². The van der Waals surface area contributed by atoms with Gasteiger partial charge in [-0.15, -0.1) is 0 Å². The van der Waals surface area contributed by atoms with Crippen LogP contribution in [0, 0.1) is 0 Å². The van der Waals surface area contributed by atoms with Gasteiger partial charge in [0.15, 0.2) is 0 Å². The number of ether oxygens (including phenoxy) is 1. The zero-order valence-electron chi connectivity index (χ0n) is 11.1. The van der Waals surface area contributed by atoms with Gasteiger partial charge in [-0.05, 0) is 47.8 Å². The lowest BCUT2D eigenvalue weighted by Gasteiger charge is -2.32. The van der Waals surface area contributed by atoms with Gasteiger partial charge in [0.1, 0.15) is 0 Å². The maximum absolute atomic E-state index is 11.6. The largest absolute Gasteiger partial charge is 0.450 e. The number of halogens is 1. The second-order valence-electron chi connectivity index (χ2n) is 4.58. The molecule has 1 amide bonds. The lowest BCUT2D eigenvalue weighted by atomic mass is 10.1. The summed E-state index contributed by atoms with van der Waals surface area (Å²) in [6.45, 7) is 3.77. The number of para-hydroxylation sites is 1. The van der Waals surface area contributed by atoms with E-state index in [0.29, 0.717) is 12.6 Å². The summed E-state index contributed by atoms with van der Waals surface area (Å²) in [7, 11) is 0. The number of nitrogens with zero attached hydrogens (tertiary/aromatic N) is 1. The van der Waals surface area contributed by atoms with Crippen LogP contribution in [0.4, 0.5) is 10.5 Å². The van der Waals surface area contributed by atoms with Crippen molar-refractivity contribution >= 4 is 27.7 Å².